The monoisotopic (exact) mass is 217 g/mol. The van der Waals surface area contributed by atoms with Crippen LogP contribution in [-0.2, 0) is 13.0 Å². The van der Waals surface area contributed by atoms with Gasteiger partial charge < -0.3 is 5.11 Å². The summed E-state index contributed by atoms with van der Waals surface area (Å²) in [5.41, 5.74) is 3.70. The molecule has 0 spiro atoms. The first kappa shape index (κ1) is 10.8. The second kappa shape index (κ2) is 4.45. The minimum Gasteiger partial charge on any atom is -0.388 e. The average Bonchev–Trinajstić information content (AvgIpc) is 2.64. The summed E-state index contributed by atoms with van der Waals surface area (Å²) in [6, 6.07) is 6.41. The molecule has 1 aromatic heterocycles. The van der Waals surface area contributed by atoms with Crippen molar-refractivity contribution in [1.29, 1.82) is 0 Å². The molecule has 0 atom stereocenters. The smallest absolute Gasteiger partial charge is 0.176 e. The predicted molar refractivity (Wildman–Crippen MR) is 61.0 cm³/mol. The molecule has 4 nitrogen and oxygen atoms in total. The molecule has 0 bridgehead atoms. The fraction of sp³-hybridized carbons (Fsp3) is 0.333. The van der Waals surface area contributed by atoms with Gasteiger partial charge in [-0.2, -0.15) is 5.10 Å². The van der Waals surface area contributed by atoms with Gasteiger partial charge in [-0.3, -0.25) is 5.10 Å². The summed E-state index contributed by atoms with van der Waals surface area (Å²) in [5.74, 6) is 1.23. The minimum atomic E-state index is -0.122. The number of aromatic amines is 1. The number of nitrogens with one attached hydrogen (secondary N) is 1. The number of aromatic nitrogens is 3. The van der Waals surface area contributed by atoms with Crippen molar-refractivity contribution >= 4 is 0 Å². The highest BCUT2D eigenvalue weighted by Gasteiger charge is 2.03. The van der Waals surface area contributed by atoms with Crippen LogP contribution in [-0.4, -0.2) is 20.3 Å². The van der Waals surface area contributed by atoms with Crippen LogP contribution in [0.15, 0.2) is 18.2 Å². The number of H-pyrrole nitrogens is 1. The molecule has 0 saturated heterocycles. The third-order valence-corrected chi connectivity index (χ3v) is 2.37. The lowest BCUT2D eigenvalue weighted by Gasteiger charge is -2.02. The van der Waals surface area contributed by atoms with Crippen LogP contribution in [0.4, 0.5) is 0 Å². The maximum Gasteiger partial charge on any atom is 0.176 e. The van der Waals surface area contributed by atoms with Gasteiger partial charge in [0, 0.05) is 6.42 Å². The fourth-order valence-corrected chi connectivity index (χ4v) is 1.85. The normalized spacial score (nSPS) is 10.7. The molecule has 16 heavy (non-hydrogen) atoms. The van der Waals surface area contributed by atoms with Gasteiger partial charge in [0.1, 0.15) is 12.4 Å². The number of benzene rings is 1. The van der Waals surface area contributed by atoms with Crippen LogP contribution in [0.2, 0.25) is 0 Å². The Labute approximate surface area is 94.4 Å². The molecule has 0 aliphatic carbocycles. The molecule has 2 aromatic rings. The van der Waals surface area contributed by atoms with E-state index in [9.17, 15) is 0 Å². The van der Waals surface area contributed by atoms with E-state index in [1.165, 1.54) is 16.7 Å². The molecule has 0 saturated carbocycles. The van der Waals surface area contributed by atoms with E-state index >= 15 is 0 Å². The first-order valence-electron chi connectivity index (χ1n) is 5.25. The van der Waals surface area contributed by atoms with Gasteiger partial charge in [0.25, 0.3) is 0 Å². The molecule has 0 amide bonds. The summed E-state index contributed by atoms with van der Waals surface area (Å²) >= 11 is 0. The number of rotatable bonds is 3. The van der Waals surface area contributed by atoms with Crippen molar-refractivity contribution in [3.63, 3.8) is 0 Å². The summed E-state index contributed by atoms with van der Waals surface area (Å²) < 4.78 is 0. The highest BCUT2D eigenvalue weighted by molar-refractivity contribution is 5.30. The number of aryl methyl sites for hydroxylation is 2. The van der Waals surface area contributed by atoms with Gasteiger partial charge in [0.05, 0.1) is 0 Å². The van der Waals surface area contributed by atoms with Gasteiger partial charge in [-0.1, -0.05) is 29.3 Å². The van der Waals surface area contributed by atoms with Crippen molar-refractivity contribution in [2.75, 3.05) is 0 Å². The molecule has 0 unspecified atom stereocenters. The van der Waals surface area contributed by atoms with E-state index in [1.54, 1.807) is 0 Å². The third kappa shape index (κ3) is 2.46. The maximum atomic E-state index is 8.86. The van der Waals surface area contributed by atoms with Gasteiger partial charge in [0.15, 0.2) is 5.82 Å². The summed E-state index contributed by atoms with van der Waals surface area (Å²) in [4.78, 5) is 4.17. The van der Waals surface area contributed by atoms with Crippen LogP contribution in [0.25, 0.3) is 0 Å². The topological polar surface area (TPSA) is 61.8 Å². The van der Waals surface area contributed by atoms with Crippen LogP contribution in [0.3, 0.4) is 0 Å². The van der Waals surface area contributed by atoms with Crippen molar-refractivity contribution < 1.29 is 5.11 Å². The van der Waals surface area contributed by atoms with E-state index < -0.39 is 0 Å². The molecule has 1 heterocycles. The van der Waals surface area contributed by atoms with E-state index in [-0.39, 0.29) is 6.61 Å². The van der Waals surface area contributed by atoms with Crippen LogP contribution >= 0.6 is 0 Å². The van der Waals surface area contributed by atoms with Gasteiger partial charge in [0.2, 0.25) is 0 Å². The lowest BCUT2D eigenvalue weighted by Crippen LogP contribution is -1.93. The van der Waals surface area contributed by atoms with E-state index in [0.717, 1.165) is 12.2 Å². The van der Waals surface area contributed by atoms with Gasteiger partial charge >= 0.3 is 0 Å². The van der Waals surface area contributed by atoms with Gasteiger partial charge in [-0.15, -0.1) is 0 Å². The average molecular weight is 217 g/mol. The Balaban J connectivity index is 2.19. The van der Waals surface area contributed by atoms with E-state index in [2.05, 4.69) is 47.2 Å². The number of hydrogen-bond acceptors (Lipinski definition) is 3. The number of nitrogens with zero attached hydrogens (tertiary/aromatic N) is 2. The second-order valence-electron chi connectivity index (χ2n) is 4.03. The molecule has 1 aromatic carbocycles. The summed E-state index contributed by atoms with van der Waals surface area (Å²) in [5, 5.41) is 15.6. The van der Waals surface area contributed by atoms with E-state index in [0.29, 0.717) is 5.82 Å². The Kier molecular flexibility index (Phi) is 3.01. The second-order valence-corrected chi connectivity index (χ2v) is 4.03. The molecule has 0 aliphatic rings. The Bertz CT molecular complexity index is 471. The molecule has 0 fully saturated rings. The molecule has 2 N–H and O–H groups in total. The Hall–Kier alpha value is -1.68. The zero-order chi connectivity index (χ0) is 11.5. The fourth-order valence-electron chi connectivity index (χ4n) is 1.85. The highest BCUT2D eigenvalue weighted by Crippen LogP contribution is 2.11. The Morgan fingerprint density at radius 1 is 1.19 bits per heavy atom. The minimum absolute atomic E-state index is 0.122. The molecule has 0 radical (unpaired) electrons. The van der Waals surface area contributed by atoms with Gasteiger partial charge in [-0.25, -0.2) is 4.98 Å². The lowest BCUT2D eigenvalue weighted by atomic mass is 10.1. The first-order valence-corrected chi connectivity index (χ1v) is 5.25. The zero-order valence-electron chi connectivity index (χ0n) is 9.49. The number of aliphatic hydroxyl groups excluding tert-OH is 1. The first-order chi connectivity index (χ1) is 7.67. The van der Waals surface area contributed by atoms with E-state index in [1.807, 2.05) is 0 Å². The predicted octanol–water partition coefficient (Wildman–Crippen LogP) is 1.50. The molecule has 2 rings (SSSR count). The van der Waals surface area contributed by atoms with Crippen molar-refractivity contribution in [1.82, 2.24) is 15.2 Å². The summed E-state index contributed by atoms with van der Waals surface area (Å²) in [7, 11) is 0. The summed E-state index contributed by atoms with van der Waals surface area (Å²) in [6.07, 6.45) is 0.718. The molecular formula is C12H15N3O. The SMILES string of the molecule is Cc1cc(C)cc(Cc2nc(CO)n[nH]2)c1. The van der Waals surface area contributed by atoms with Crippen LogP contribution in [0.5, 0.6) is 0 Å². The highest BCUT2D eigenvalue weighted by atomic mass is 16.3. The van der Waals surface area contributed by atoms with Crippen molar-refractivity contribution in [3.05, 3.63) is 46.5 Å². The van der Waals surface area contributed by atoms with Crippen molar-refractivity contribution in [2.24, 2.45) is 0 Å². The van der Waals surface area contributed by atoms with E-state index in [4.69, 9.17) is 5.11 Å². The third-order valence-electron chi connectivity index (χ3n) is 2.37. The molecule has 0 aliphatic heterocycles. The van der Waals surface area contributed by atoms with Crippen LogP contribution < -0.4 is 0 Å². The largest absolute Gasteiger partial charge is 0.388 e. The lowest BCUT2D eigenvalue weighted by molar-refractivity contribution is 0.272. The Morgan fingerprint density at radius 2 is 1.88 bits per heavy atom. The van der Waals surface area contributed by atoms with Crippen molar-refractivity contribution in [3.8, 4) is 0 Å². The quantitative estimate of drug-likeness (QED) is 0.819. The molecule has 4 heteroatoms. The molecular weight excluding hydrogens is 202 g/mol. The van der Waals surface area contributed by atoms with Crippen molar-refractivity contribution in [2.45, 2.75) is 26.9 Å². The van der Waals surface area contributed by atoms with Gasteiger partial charge in [-0.05, 0) is 19.4 Å². The zero-order valence-corrected chi connectivity index (χ0v) is 9.49. The molecule has 84 valence electrons. The van der Waals surface area contributed by atoms with Crippen LogP contribution in [0.1, 0.15) is 28.3 Å². The Morgan fingerprint density at radius 3 is 2.44 bits per heavy atom. The van der Waals surface area contributed by atoms with Crippen LogP contribution in [0, 0.1) is 13.8 Å². The number of aliphatic hydroxyl groups is 1. The standard InChI is InChI=1S/C12H15N3O/c1-8-3-9(2)5-10(4-8)6-11-13-12(7-16)15-14-11/h3-5,16H,6-7H2,1-2H3,(H,13,14,15). The number of hydrogen-bond donors (Lipinski definition) is 2. The summed E-state index contributed by atoms with van der Waals surface area (Å²) in [6.45, 7) is 4.04. The maximum absolute atomic E-state index is 8.86.